The third-order valence-corrected chi connectivity index (χ3v) is 3.16. The molecule has 0 aliphatic carbocycles. The number of ether oxygens (including phenoxy) is 1. The van der Waals surface area contributed by atoms with Crippen LogP contribution in [0.4, 0.5) is 0 Å². The first kappa shape index (κ1) is 11.5. The summed E-state index contributed by atoms with van der Waals surface area (Å²) in [6.07, 6.45) is 7.05. The number of hydrogen-bond acceptors (Lipinski definition) is 2. The van der Waals surface area contributed by atoms with Crippen LogP contribution in [0.5, 0.6) is 0 Å². The lowest BCUT2D eigenvalue weighted by Crippen LogP contribution is -2.29. The van der Waals surface area contributed by atoms with Crippen LogP contribution in [0.15, 0.2) is 0 Å². The van der Waals surface area contributed by atoms with E-state index in [1.54, 1.807) is 0 Å². The summed E-state index contributed by atoms with van der Waals surface area (Å²) in [5.41, 5.74) is 0. The Morgan fingerprint density at radius 2 is 2.29 bits per heavy atom. The maximum absolute atomic E-state index is 11.4. The van der Waals surface area contributed by atoms with Gasteiger partial charge >= 0.3 is 5.97 Å². The van der Waals surface area contributed by atoms with Gasteiger partial charge in [-0.1, -0.05) is 33.1 Å². The van der Waals surface area contributed by atoms with E-state index in [-0.39, 0.29) is 11.9 Å². The molecule has 2 atom stereocenters. The van der Waals surface area contributed by atoms with Crippen molar-refractivity contribution >= 4 is 5.97 Å². The standard InChI is InChI=1S/C12H22O2/c1-3-4-5-7-10(2)11-8-6-9-14-12(11)13/h10-11H,3-9H2,1-2H3. The summed E-state index contributed by atoms with van der Waals surface area (Å²) in [6.45, 7) is 5.03. The highest BCUT2D eigenvalue weighted by molar-refractivity contribution is 5.73. The molecule has 1 aliphatic heterocycles. The van der Waals surface area contributed by atoms with Crippen molar-refractivity contribution in [3.05, 3.63) is 0 Å². The van der Waals surface area contributed by atoms with Crippen molar-refractivity contribution in [2.24, 2.45) is 11.8 Å². The number of unbranched alkanes of at least 4 members (excludes halogenated alkanes) is 2. The topological polar surface area (TPSA) is 26.3 Å². The summed E-state index contributed by atoms with van der Waals surface area (Å²) >= 11 is 0. The smallest absolute Gasteiger partial charge is 0.309 e. The monoisotopic (exact) mass is 198 g/mol. The first-order valence-corrected chi connectivity index (χ1v) is 5.92. The van der Waals surface area contributed by atoms with E-state index in [1.165, 1.54) is 25.7 Å². The molecule has 0 aromatic heterocycles. The van der Waals surface area contributed by atoms with Crippen molar-refractivity contribution in [1.82, 2.24) is 0 Å². The molecule has 1 aliphatic rings. The van der Waals surface area contributed by atoms with Gasteiger partial charge in [0.1, 0.15) is 0 Å². The van der Waals surface area contributed by atoms with Gasteiger partial charge in [-0.15, -0.1) is 0 Å². The van der Waals surface area contributed by atoms with Gasteiger partial charge in [-0.05, 0) is 25.2 Å². The number of carbonyl (C=O) groups is 1. The fourth-order valence-corrected chi connectivity index (χ4v) is 2.14. The third-order valence-electron chi connectivity index (χ3n) is 3.16. The van der Waals surface area contributed by atoms with Crippen molar-refractivity contribution < 1.29 is 9.53 Å². The second kappa shape index (κ2) is 6.05. The fraction of sp³-hybridized carbons (Fsp3) is 0.917. The Labute approximate surface area is 87.0 Å². The molecular formula is C12H22O2. The molecule has 0 aromatic rings. The molecular weight excluding hydrogens is 176 g/mol. The molecule has 82 valence electrons. The summed E-state index contributed by atoms with van der Waals surface area (Å²) in [5.74, 6) is 0.732. The zero-order valence-electron chi connectivity index (χ0n) is 9.42. The van der Waals surface area contributed by atoms with Gasteiger partial charge in [0, 0.05) is 0 Å². The average Bonchev–Trinajstić information content (AvgIpc) is 2.18. The van der Waals surface area contributed by atoms with Crippen molar-refractivity contribution in [2.45, 2.75) is 52.4 Å². The Hall–Kier alpha value is -0.530. The van der Waals surface area contributed by atoms with Gasteiger partial charge in [0.2, 0.25) is 0 Å². The molecule has 0 radical (unpaired) electrons. The van der Waals surface area contributed by atoms with Crippen molar-refractivity contribution in [3.8, 4) is 0 Å². The van der Waals surface area contributed by atoms with Gasteiger partial charge in [0.05, 0.1) is 12.5 Å². The molecule has 1 fully saturated rings. The highest BCUT2D eigenvalue weighted by Gasteiger charge is 2.28. The van der Waals surface area contributed by atoms with Crippen LogP contribution >= 0.6 is 0 Å². The molecule has 14 heavy (non-hydrogen) atoms. The third kappa shape index (κ3) is 3.32. The molecule has 0 N–H and O–H groups in total. The minimum absolute atomic E-state index is 0.0419. The van der Waals surface area contributed by atoms with Crippen molar-refractivity contribution in [2.75, 3.05) is 6.61 Å². The van der Waals surface area contributed by atoms with Crippen molar-refractivity contribution in [3.63, 3.8) is 0 Å². The molecule has 2 heteroatoms. The minimum atomic E-state index is 0.0419. The largest absolute Gasteiger partial charge is 0.465 e. The number of hydrogen-bond donors (Lipinski definition) is 0. The molecule has 1 saturated heterocycles. The molecule has 1 heterocycles. The van der Waals surface area contributed by atoms with E-state index < -0.39 is 0 Å². The van der Waals surface area contributed by atoms with Crippen LogP contribution in [-0.4, -0.2) is 12.6 Å². The van der Waals surface area contributed by atoms with Crippen LogP contribution in [-0.2, 0) is 9.53 Å². The molecule has 0 bridgehead atoms. The van der Waals surface area contributed by atoms with Crippen LogP contribution in [0.2, 0.25) is 0 Å². The lowest BCUT2D eigenvalue weighted by molar-refractivity contribution is -0.155. The summed E-state index contributed by atoms with van der Waals surface area (Å²) in [4.78, 5) is 11.4. The molecule has 0 spiro atoms. The number of rotatable bonds is 5. The van der Waals surface area contributed by atoms with Crippen LogP contribution in [0.3, 0.4) is 0 Å². The van der Waals surface area contributed by atoms with E-state index in [2.05, 4.69) is 13.8 Å². The molecule has 0 amide bonds. The van der Waals surface area contributed by atoms with Gasteiger partial charge in [0.15, 0.2) is 0 Å². The first-order chi connectivity index (χ1) is 6.75. The summed E-state index contributed by atoms with van der Waals surface area (Å²) in [5, 5.41) is 0. The van der Waals surface area contributed by atoms with E-state index in [1.807, 2.05) is 0 Å². The van der Waals surface area contributed by atoms with Crippen molar-refractivity contribution in [1.29, 1.82) is 0 Å². The summed E-state index contributed by atoms with van der Waals surface area (Å²) in [7, 11) is 0. The first-order valence-electron chi connectivity index (χ1n) is 5.92. The fourth-order valence-electron chi connectivity index (χ4n) is 2.14. The maximum atomic E-state index is 11.4. The number of carbonyl (C=O) groups excluding carboxylic acids is 1. The number of cyclic esters (lactones) is 1. The Morgan fingerprint density at radius 3 is 2.93 bits per heavy atom. The Morgan fingerprint density at radius 1 is 1.50 bits per heavy atom. The maximum Gasteiger partial charge on any atom is 0.309 e. The Kier molecular flexibility index (Phi) is 4.99. The van der Waals surface area contributed by atoms with Crippen LogP contribution in [0, 0.1) is 11.8 Å². The summed E-state index contributed by atoms with van der Waals surface area (Å²) < 4.78 is 5.08. The van der Waals surface area contributed by atoms with E-state index >= 15 is 0 Å². The quantitative estimate of drug-likeness (QED) is 0.501. The predicted octanol–water partition coefficient (Wildman–Crippen LogP) is 3.16. The normalized spacial score (nSPS) is 24.4. The van der Waals surface area contributed by atoms with Crippen LogP contribution in [0.25, 0.3) is 0 Å². The lowest BCUT2D eigenvalue weighted by atomic mass is 9.85. The molecule has 2 nitrogen and oxygen atoms in total. The zero-order chi connectivity index (χ0) is 10.4. The van der Waals surface area contributed by atoms with E-state index in [0.29, 0.717) is 12.5 Å². The minimum Gasteiger partial charge on any atom is -0.465 e. The van der Waals surface area contributed by atoms with Gasteiger partial charge in [0.25, 0.3) is 0 Å². The van der Waals surface area contributed by atoms with Crippen LogP contribution in [0.1, 0.15) is 52.4 Å². The van der Waals surface area contributed by atoms with E-state index in [0.717, 1.165) is 12.8 Å². The highest BCUT2D eigenvalue weighted by atomic mass is 16.5. The second-order valence-electron chi connectivity index (χ2n) is 4.39. The van der Waals surface area contributed by atoms with Crippen LogP contribution < -0.4 is 0 Å². The van der Waals surface area contributed by atoms with E-state index in [4.69, 9.17) is 4.74 Å². The van der Waals surface area contributed by atoms with Gasteiger partial charge in [-0.3, -0.25) is 4.79 Å². The average molecular weight is 198 g/mol. The number of esters is 1. The Bertz CT molecular complexity index is 177. The zero-order valence-corrected chi connectivity index (χ0v) is 9.42. The molecule has 0 saturated carbocycles. The Balaban J connectivity index is 2.27. The second-order valence-corrected chi connectivity index (χ2v) is 4.39. The van der Waals surface area contributed by atoms with Gasteiger partial charge in [-0.25, -0.2) is 0 Å². The molecule has 0 aromatic carbocycles. The molecule has 2 unspecified atom stereocenters. The predicted molar refractivity (Wildman–Crippen MR) is 57.0 cm³/mol. The molecule has 1 rings (SSSR count). The van der Waals surface area contributed by atoms with Gasteiger partial charge in [-0.2, -0.15) is 0 Å². The van der Waals surface area contributed by atoms with Gasteiger partial charge < -0.3 is 4.74 Å². The highest BCUT2D eigenvalue weighted by Crippen LogP contribution is 2.27. The van der Waals surface area contributed by atoms with E-state index in [9.17, 15) is 4.79 Å². The SMILES string of the molecule is CCCCCC(C)C1CCCOC1=O. The lowest BCUT2D eigenvalue weighted by Gasteiger charge is -2.26. The summed E-state index contributed by atoms with van der Waals surface area (Å²) in [6, 6.07) is 0.